The Hall–Kier alpha value is -3.60. The maximum Gasteiger partial charge on any atom is 0.229 e. The lowest BCUT2D eigenvalue weighted by molar-refractivity contribution is -0.122. The molecule has 32 heavy (non-hydrogen) atoms. The number of amides is 2. The number of ether oxygens (including phenoxy) is 1. The first-order chi connectivity index (χ1) is 15.3. The summed E-state index contributed by atoms with van der Waals surface area (Å²) in [5.41, 5.74) is 5.97. The molecule has 0 aliphatic carbocycles. The van der Waals surface area contributed by atoms with Gasteiger partial charge in [0.25, 0.3) is 0 Å². The van der Waals surface area contributed by atoms with Gasteiger partial charge in [0.05, 0.1) is 5.92 Å². The lowest BCUT2D eigenvalue weighted by Crippen LogP contribution is -2.28. The lowest BCUT2D eigenvalue weighted by Gasteiger charge is -2.19. The number of benzene rings is 3. The quantitative estimate of drug-likeness (QED) is 0.567. The minimum absolute atomic E-state index is 0.0175. The van der Waals surface area contributed by atoms with Gasteiger partial charge in [-0.3, -0.25) is 9.59 Å². The van der Waals surface area contributed by atoms with Crippen LogP contribution in [-0.2, 0) is 9.59 Å². The van der Waals surface area contributed by atoms with Crippen molar-refractivity contribution in [2.45, 2.75) is 34.1 Å². The molecule has 0 spiro atoms. The van der Waals surface area contributed by atoms with Gasteiger partial charge in [0.15, 0.2) is 0 Å². The van der Waals surface area contributed by atoms with Gasteiger partial charge in [0.2, 0.25) is 11.8 Å². The van der Waals surface area contributed by atoms with Crippen LogP contribution in [0.2, 0.25) is 0 Å². The largest absolute Gasteiger partial charge is 0.457 e. The Balaban J connectivity index is 1.40. The van der Waals surface area contributed by atoms with Crippen molar-refractivity contribution in [3.63, 3.8) is 0 Å². The van der Waals surface area contributed by atoms with Crippen molar-refractivity contribution in [1.82, 2.24) is 0 Å². The standard InChI is InChI=1S/C27H28N2O3/c1-17-8-9-19(3)24(14-17)29-16-21(15-26(29)30)27(31)28-22-10-12-23(13-11-22)32-25-7-5-6-18(2)20(25)4/h5-14,21H,15-16H2,1-4H3,(H,28,31)/t21-/m1/s1. The highest BCUT2D eigenvalue weighted by Crippen LogP contribution is 2.30. The molecule has 3 aromatic rings. The number of nitrogens with zero attached hydrogens (tertiary/aromatic N) is 1. The van der Waals surface area contributed by atoms with Crippen molar-refractivity contribution in [3.05, 3.63) is 82.9 Å². The Morgan fingerprint density at radius 2 is 1.72 bits per heavy atom. The lowest BCUT2D eigenvalue weighted by atomic mass is 10.1. The molecule has 0 radical (unpaired) electrons. The van der Waals surface area contributed by atoms with Crippen LogP contribution < -0.4 is 15.0 Å². The monoisotopic (exact) mass is 428 g/mol. The van der Waals surface area contributed by atoms with Gasteiger partial charge in [-0.2, -0.15) is 0 Å². The van der Waals surface area contributed by atoms with Crippen LogP contribution in [0.5, 0.6) is 11.5 Å². The molecule has 1 fully saturated rings. The summed E-state index contributed by atoms with van der Waals surface area (Å²) in [6, 6.07) is 19.3. The van der Waals surface area contributed by atoms with Gasteiger partial charge in [0, 0.05) is 24.3 Å². The Morgan fingerprint density at radius 3 is 2.47 bits per heavy atom. The van der Waals surface area contributed by atoms with Crippen LogP contribution in [0.15, 0.2) is 60.7 Å². The van der Waals surface area contributed by atoms with E-state index in [1.54, 1.807) is 4.90 Å². The first kappa shape index (κ1) is 21.6. The average Bonchev–Trinajstić information content (AvgIpc) is 3.16. The SMILES string of the molecule is Cc1ccc(C)c(N2C[C@H](C(=O)Nc3ccc(Oc4cccc(C)c4C)cc3)CC2=O)c1. The first-order valence-electron chi connectivity index (χ1n) is 10.8. The normalized spacial score (nSPS) is 15.7. The van der Waals surface area contributed by atoms with Crippen molar-refractivity contribution in [2.24, 2.45) is 5.92 Å². The Morgan fingerprint density at radius 1 is 0.969 bits per heavy atom. The maximum atomic E-state index is 12.8. The Labute approximate surface area is 189 Å². The molecule has 5 nitrogen and oxygen atoms in total. The van der Waals surface area contributed by atoms with E-state index in [9.17, 15) is 9.59 Å². The van der Waals surface area contributed by atoms with Crippen LogP contribution in [0.4, 0.5) is 11.4 Å². The van der Waals surface area contributed by atoms with E-state index in [1.165, 1.54) is 5.56 Å². The second-order valence-electron chi connectivity index (χ2n) is 8.51. The van der Waals surface area contributed by atoms with E-state index in [0.717, 1.165) is 28.1 Å². The first-order valence-corrected chi connectivity index (χ1v) is 10.8. The highest BCUT2D eigenvalue weighted by molar-refractivity contribution is 6.03. The highest BCUT2D eigenvalue weighted by Gasteiger charge is 2.35. The van der Waals surface area contributed by atoms with Crippen molar-refractivity contribution < 1.29 is 14.3 Å². The third-order valence-corrected chi connectivity index (χ3v) is 6.06. The van der Waals surface area contributed by atoms with Gasteiger partial charge in [-0.25, -0.2) is 0 Å². The fourth-order valence-corrected chi connectivity index (χ4v) is 3.94. The van der Waals surface area contributed by atoms with E-state index in [-0.39, 0.29) is 24.2 Å². The second-order valence-corrected chi connectivity index (χ2v) is 8.51. The molecule has 1 atom stereocenters. The molecule has 0 bridgehead atoms. The van der Waals surface area contributed by atoms with Gasteiger partial charge in [-0.15, -0.1) is 0 Å². The molecule has 0 unspecified atom stereocenters. The van der Waals surface area contributed by atoms with E-state index < -0.39 is 0 Å². The van der Waals surface area contributed by atoms with E-state index in [1.807, 2.05) is 75.4 Å². The van der Waals surface area contributed by atoms with Crippen molar-refractivity contribution >= 4 is 23.2 Å². The summed E-state index contributed by atoms with van der Waals surface area (Å²) >= 11 is 0. The summed E-state index contributed by atoms with van der Waals surface area (Å²) in [7, 11) is 0. The summed E-state index contributed by atoms with van der Waals surface area (Å²) in [5, 5.41) is 2.94. The summed E-state index contributed by atoms with van der Waals surface area (Å²) in [4.78, 5) is 27.2. The van der Waals surface area contributed by atoms with E-state index in [4.69, 9.17) is 4.74 Å². The molecule has 0 saturated carbocycles. The van der Waals surface area contributed by atoms with Crippen LogP contribution in [0.25, 0.3) is 0 Å². The minimum Gasteiger partial charge on any atom is -0.457 e. The zero-order chi connectivity index (χ0) is 22.8. The van der Waals surface area contributed by atoms with Crippen LogP contribution >= 0.6 is 0 Å². The van der Waals surface area contributed by atoms with Crippen molar-refractivity contribution in [3.8, 4) is 11.5 Å². The fourth-order valence-electron chi connectivity index (χ4n) is 3.94. The van der Waals surface area contributed by atoms with E-state index in [0.29, 0.717) is 18.0 Å². The molecule has 2 amide bonds. The zero-order valence-electron chi connectivity index (χ0n) is 18.9. The number of carbonyl (C=O) groups is 2. The van der Waals surface area contributed by atoms with Gasteiger partial charge in [0.1, 0.15) is 11.5 Å². The smallest absolute Gasteiger partial charge is 0.229 e. The zero-order valence-corrected chi connectivity index (χ0v) is 18.9. The molecule has 1 saturated heterocycles. The second kappa shape index (κ2) is 8.87. The summed E-state index contributed by atoms with van der Waals surface area (Å²) in [6.07, 6.45) is 0.215. The van der Waals surface area contributed by atoms with Gasteiger partial charge >= 0.3 is 0 Å². The molecule has 1 N–H and O–H groups in total. The van der Waals surface area contributed by atoms with E-state index >= 15 is 0 Å². The van der Waals surface area contributed by atoms with Crippen LogP contribution in [0, 0.1) is 33.6 Å². The van der Waals surface area contributed by atoms with Crippen LogP contribution in [0.1, 0.15) is 28.7 Å². The van der Waals surface area contributed by atoms with E-state index in [2.05, 4.69) is 18.3 Å². The molecule has 3 aromatic carbocycles. The fraction of sp³-hybridized carbons (Fsp3) is 0.259. The third kappa shape index (κ3) is 4.52. The molecular formula is C27H28N2O3. The molecule has 1 heterocycles. The number of carbonyl (C=O) groups excluding carboxylic acids is 2. The average molecular weight is 429 g/mol. The number of hydrogen-bond acceptors (Lipinski definition) is 3. The van der Waals surface area contributed by atoms with Gasteiger partial charge in [-0.05, 0) is 86.3 Å². The number of nitrogens with one attached hydrogen (secondary N) is 1. The maximum absolute atomic E-state index is 12.8. The Bertz CT molecular complexity index is 1170. The number of anilines is 2. The molecule has 1 aliphatic heterocycles. The molecular weight excluding hydrogens is 400 g/mol. The van der Waals surface area contributed by atoms with Crippen molar-refractivity contribution in [2.75, 3.05) is 16.8 Å². The Kier molecular flexibility index (Phi) is 5.99. The van der Waals surface area contributed by atoms with Gasteiger partial charge in [-0.1, -0.05) is 24.3 Å². The molecule has 164 valence electrons. The third-order valence-electron chi connectivity index (χ3n) is 6.06. The number of aryl methyl sites for hydroxylation is 3. The number of hydrogen-bond donors (Lipinski definition) is 1. The highest BCUT2D eigenvalue weighted by atomic mass is 16.5. The summed E-state index contributed by atoms with van der Waals surface area (Å²) < 4.78 is 5.98. The molecule has 5 heteroatoms. The number of rotatable bonds is 5. The van der Waals surface area contributed by atoms with Crippen molar-refractivity contribution in [1.29, 1.82) is 0 Å². The van der Waals surface area contributed by atoms with Crippen LogP contribution in [0.3, 0.4) is 0 Å². The van der Waals surface area contributed by atoms with Gasteiger partial charge < -0.3 is 15.0 Å². The predicted octanol–water partition coefficient (Wildman–Crippen LogP) is 5.70. The topological polar surface area (TPSA) is 58.6 Å². The molecule has 0 aromatic heterocycles. The predicted molar refractivity (Wildman–Crippen MR) is 127 cm³/mol. The molecule has 4 rings (SSSR count). The van der Waals surface area contributed by atoms with Crippen LogP contribution in [-0.4, -0.2) is 18.4 Å². The summed E-state index contributed by atoms with van der Waals surface area (Å²) in [5.74, 6) is 0.977. The minimum atomic E-state index is -0.381. The summed E-state index contributed by atoms with van der Waals surface area (Å²) in [6.45, 7) is 8.46. The molecule has 1 aliphatic rings.